The van der Waals surface area contributed by atoms with E-state index in [4.69, 9.17) is 5.73 Å². The second kappa shape index (κ2) is 9.88. The third-order valence-electron chi connectivity index (χ3n) is 4.53. The summed E-state index contributed by atoms with van der Waals surface area (Å²) >= 11 is 1.52. The maximum Gasteiger partial charge on any atom is 0.293 e. The van der Waals surface area contributed by atoms with E-state index in [-0.39, 0.29) is 17.3 Å². The lowest BCUT2D eigenvalue weighted by Gasteiger charge is -2.07. The van der Waals surface area contributed by atoms with Crippen molar-refractivity contribution in [1.29, 1.82) is 0 Å². The number of rotatable bonds is 8. The number of carbonyl (C=O) groups excluding carboxylic acids is 1. The smallest absolute Gasteiger partial charge is 0.293 e. The molecule has 0 radical (unpaired) electrons. The van der Waals surface area contributed by atoms with Crippen molar-refractivity contribution in [2.24, 2.45) is 5.10 Å². The minimum Gasteiger partial charge on any atom is -0.378 e. The van der Waals surface area contributed by atoms with Crippen LogP contribution in [0.1, 0.15) is 35.1 Å². The third-order valence-corrected chi connectivity index (χ3v) is 5.55. The van der Waals surface area contributed by atoms with Gasteiger partial charge in [-0.15, -0.1) is 16.9 Å². The lowest BCUT2D eigenvalue weighted by molar-refractivity contribution is 0.0949. The van der Waals surface area contributed by atoms with Gasteiger partial charge in [-0.2, -0.15) is 9.78 Å². The summed E-state index contributed by atoms with van der Waals surface area (Å²) in [5, 5.41) is 19.8. The van der Waals surface area contributed by atoms with E-state index >= 15 is 0 Å². The van der Waals surface area contributed by atoms with Gasteiger partial charge in [0.2, 0.25) is 11.6 Å². The fraction of sp³-hybridized carbons (Fsp3) is 0.143. The number of aromatic nitrogens is 5. The van der Waals surface area contributed by atoms with Crippen molar-refractivity contribution in [3.05, 3.63) is 77.6 Å². The molecule has 0 fully saturated rings. The van der Waals surface area contributed by atoms with Gasteiger partial charge < -0.3 is 5.73 Å². The van der Waals surface area contributed by atoms with Crippen LogP contribution in [0.25, 0.3) is 5.82 Å². The average Bonchev–Trinajstić information content (AvgIpc) is 3.45. The molecule has 32 heavy (non-hydrogen) atoms. The molecule has 0 spiro atoms. The normalized spacial score (nSPS) is 11.5. The Kier molecular flexibility index (Phi) is 6.56. The zero-order valence-corrected chi connectivity index (χ0v) is 18.0. The minimum absolute atomic E-state index is 0.0446. The van der Waals surface area contributed by atoms with Crippen LogP contribution >= 0.6 is 11.8 Å². The number of nitrogens with two attached hydrogens (primary N) is 1. The van der Waals surface area contributed by atoms with Gasteiger partial charge >= 0.3 is 0 Å². The van der Waals surface area contributed by atoms with Gasteiger partial charge in [-0.05, 0) is 34.4 Å². The van der Waals surface area contributed by atoms with Crippen LogP contribution in [-0.2, 0) is 5.75 Å². The van der Waals surface area contributed by atoms with E-state index in [1.54, 1.807) is 0 Å². The van der Waals surface area contributed by atoms with E-state index in [0.29, 0.717) is 17.9 Å². The molecule has 0 saturated heterocycles. The molecule has 2 heterocycles. The fourth-order valence-corrected chi connectivity index (χ4v) is 3.85. The van der Waals surface area contributed by atoms with E-state index < -0.39 is 5.91 Å². The van der Waals surface area contributed by atoms with Gasteiger partial charge in [-0.1, -0.05) is 60.7 Å². The first-order valence-corrected chi connectivity index (χ1v) is 10.8. The van der Waals surface area contributed by atoms with E-state index in [0.717, 1.165) is 16.2 Å². The molecule has 0 bridgehead atoms. The van der Waals surface area contributed by atoms with Crippen LogP contribution in [0, 0.1) is 0 Å². The highest BCUT2D eigenvalue weighted by Gasteiger charge is 2.24. The van der Waals surface area contributed by atoms with Crippen molar-refractivity contribution in [2.45, 2.75) is 24.0 Å². The number of carbonyl (C=O) groups is 1. The Balaban J connectivity index is 1.62. The number of amides is 1. The van der Waals surface area contributed by atoms with Crippen molar-refractivity contribution in [3.8, 4) is 5.82 Å². The zero-order chi connectivity index (χ0) is 22.3. The molecule has 0 unspecified atom stereocenters. The van der Waals surface area contributed by atoms with Gasteiger partial charge in [-0.3, -0.25) is 4.79 Å². The maximum atomic E-state index is 13.0. The summed E-state index contributed by atoms with van der Waals surface area (Å²) in [6.07, 6.45) is 0.648. The molecule has 3 N–H and O–H groups in total. The minimum atomic E-state index is -0.489. The predicted octanol–water partition coefficient (Wildman–Crippen LogP) is 3.07. The molecule has 0 aliphatic heterocycles. The summed E-state index contributed by atoms with van der Waals surface area (Å²) in [5.74, 6) is 0.108. The first-order chi connectivity index (χ1) is 15.7. The van der Waals surface area contributed by atoms with Crippen LogP contribution in [0.4, 0.5) is 5.82 Å². The number of thioether (sulfide) groups is 1. The summed E-state index contributed by atoms with van der Waals surface area (Å²) in [4.78, 5) is 14.0. The highest BCUT2D eigenvalue weighted by Crippen LogP contribution is 2.25. The summed E-state index contributed by atoms with van der Waals surface area (Å²) in [7, 11) is 0. The average molecular weight is 449 g/mol. The second-order valence-corrected chi connectivity index (χ2v) is 7.64. The number of nitrogen functional groups attached to an aromatic ring is 1. The van der Waals surface area contributed by atoms with Crippen molar-refractivity contribution in [3.63, 3.8) is 0 Å². The number of nitrogens with one attached hydrogen (secondary N) is 1. The molecule has 10 nitrogen and oxygen atoms in total. The van der Waals surface area contributed by atoms with Crippen LogP contribution < -0.4 is 11.2 Å². The van der Waals surface area contributed by atoms with Crippen molar-refractivity contribution < 1.29 is 9.42 Å². The molecular weight excluding hydrogens is 428 g/mol. The molecule has 4 aromatic rings. The second-order valence-electron chi connectivity index (χ2n) is 6.59. The van der Waals surface area contributed by atoms with Crippen molar-refractivity contribution in [2.75, 3.05) is 5.73 Å². The van der Waals surface area contributed by atoms with E-state index in [9.17, 15) is 4.79 Å². The predicted molar refractivity (Wildman–Crippen MR) is 120 cm³/mol. The van der Waals surface area contributed by atoms with Gasteiger partial charge in [0.05, 0.1) is 11.4 Å². The standard InChI is InChI=1S/C21H20N8O2S/c1-2-16(14-9-5-3-6-10-14)23-25-21(30)18-17(13-32-15-11-7-4-8-12-15)29(28-24-18)20-19(22)26-31-27-20/h3-12H,2,13H2,1H3,(H2,22,26)(H,25,30)/b23-16+. The highest BCUT2D eigenvalue weighted by molar-refractivity contribution is 7.98. The summed E-state index contributed by atoms with van der Waals surface area (Å²) in [6, 6.07) is 19.4. The van der Waals surface area contributed by atoms with Crippen LogP contribution in [-0.4, -0.2) is 36.9 Å². The molecule has 2 aromatic heterocycles. The highest BCUT2D eigenvalue weighted by atomic mass is 32.2. The van der Waals surface area contributed by atoms with Crippen LogP contribution in [0.3, 0.4) is 0 Å². The fourth-order valence-electron chi connectivity index (χ4n) is 2.93. The Hall–Kier alpha value is -3.99. The lowest BCUT2D eigenvalue weighted by atomic mass is 10.1. The Bertz CT molecular complexity index is 1220. The summed E-state index contributed by atoms with van der Waals surface area (Å²) in [5.41, 5.74) is 10.7. The number of hydrogen-bond donors (Lipinski definition) is 2. The van der Waals surface area contributed by atoms with Gasteiger partial charge in [0.15, 0.2) is 5.69 Å². The number of anilines is 1. The largest absolute Gasteiger partial charge is 0.378 e. The van der Waals surface area contributed by atoms with E-state index in [2.05, 4.69) is 35.8 Å². The van der Waals surface area contributed by atoms with Gasteiger partial charge in [0.1, 0.15) is 0 Å². The molecule has 0 saturated carbocycles. The zero-order valence-electron chi connectivity index (χ0n) is 17.2. The number of nitrogens with zero attached hydrogens (tertiary/aromatic N) is 6. The molecule has 4 rings (SSSR count). The molecule has 2 aromatic carbocycles. The molecule has 0 atom stereocenters. The van der Waals surface area contributed by atoms with Crippen LogP contribution in [0.15, 0.2) is 75.3 Å². The SMILES string of the molecule is CC/C(=N\NC(=O)c1nnn(-c2nonc2N)c1CSc1ccccc1)c1ccccc1. The molecule has 0 aliphatic carbocycles. The number of benzene rings is 2. The van der Waals surface area contributed by atoms with Gasteiger partial charge in [0.25, 0.3) is 5.91 Å². The molecular formula is C21H20N8O2S. The summed E-state index contributed by atoms with van der Waals surface area (Å²) in [6.45, 7) is 1.97. The Morgan fingerprint density at radius 2 is 1.84 bits per heavy atom. The Morgan fingerprint density at radius 1 is 1.12 bits per heavy atom. The first kappa shape index (κ1) is 21.2. The van der Waals surface area contributed by atoms with Crippen molar-refractivity contribution >= 4 is 29.2 Å². The Morgan fingerprint density at radius 3 is 2.50 bits per heavy atom. The summed E-state index contributed by atoms with van der Waals surface area (Å²) < 4.78 is 6.05. The van der Waals surface area contributed by atoms with Gasteiger partial charge in [0, 0.05) is 10.6 Å². The van der Waals surface area contributed by atoms with Gasteiger partial charge in [-0.25, -0.2) is 10.1 Å². The van der Waals surface area contributed by atoms with E-state index in [1.165, 1.54) is 16.4 Å². The molecule has 0 aliphatic rings. The quantitative estimate of drug-likeness (QED) is 0.238. The van der Waals surface area contributed by atoms with Crippen molar-refractivity contribution in [1.82, 2.24) is 30.7 Å². The monoisotopic (exact) mass is 448 g/mol. The lowest BCUT2D eigenvalue weighted by Crippen LogP contribution is -2.22. The Labute approximate surface area is 187 Å². The van der Waals surface area contributed by atoms with E-state index in [1.807, 2.05) is 67.6 Å². The molecule has 1 amide bonds. The molecule has 162 valence electrons. The molecule has 11 heteroatoms. The topological polar surface area (TPSA) is 137 Å². The van der Waals surface area contributed by atoms with Crippen LogP contribution in [0.2, 0.25) is 0 Å². The number of hydrazone groups is 1. The maximum absolute atomic E-state index is 13.0. The first-order valence-electron chi connectivity index (χ1n) is 9.80. The van der Waals surface area contributed by atoms with Crippen LogP contribution in [0.5, 0.6) is 0 Å². The third kappa shape index (κ3) is 4.67. The number of hydrogen-bond acceptors (Lipinski definition) is 9.